The van der Waals surface area contributed by atoms with E-state index in [-0.39, 0.29) is 17.2 Å². The number of benzene rings is 2. The molecule has 0 spiro atoms. The number of esters is 1. The van der Waals surface area contributed by atoms with E-state index in [9.17, 15) is 19.5 Å². The van der Waals surface area contributed by atoms with Gasteiger partial charge in [0.1, 0.15) is 17.1 Å². The number of carbonyl (C=O) groups is 3. The Kier molecular flexibility index (Phi) is 6.15. The van der Waals surface area contributed by atoms with Crippen molar-refractivity contribution in [3.8, 4) is 11.5 Å². The molecule has 0 saturated carbocycles. The fraction of sp³-hybridized carbons (Fsp3) is 0.167. The molecule has 0 heterocycles. The van der Waals surface area contributed by atoms with Gasteiger partial charge in [0, 0.05) is 18.3 Å². The van der Waals surface area contributed by atoms with Gasteiger partial charge in [-0.15, -0.1) is 0 Å². The third-order valence-electron chi connectivity index (χ3n) is 3.25. The number of amides is 2. The normalized spacial score (nSPS) is 9.92. The van der Waals surface area contributed by atoms with Gasteiger partial charge in [0.15, 0.2) is 6.61 Å². The molecular formula is C18H18N2O6. The van der Waals surface area contributed by atoms with Crippen molar-refractivity contribution in [1.29, 1.82) is 0 Å². The van der Waals surface area contributed by atoms with Crippen LogP contribution in [0.2, 0.25) is 0 Å². The van der Waals surface area contributed by atoms with Gasteiger partial charge < -0.3 is 25.2 Å². The monoisotopic (exact) mass is 358 g/mol. The number of hydrogen-bond donors (Lipinski definition) is 3. The number of rotatable bonds is 6. The molecule has 0 saturated heterocycles. The van der Waals surface area contributed by atoms with E-state index in [4.69, 9.17) is 9.47 Å². The molecule has 0 aromatic heterocycles. The summed E-state index contributed by atoms with van der Waals surface area (Å²) < 4.78 is 9.87. The van der Waals surface area contributed by atoms with Crippen molar-refractivity contribution in [1.82, 2.24) is 0 Å². The summed E-state index contributed by atoms with van der Waals surface area (Å²) >= 11 is 0. The van der Waals surface area contributed by atoms with Crippen molar-refractivity contribution in [2.45, 2.75) is 6.92 Å². The molecule has 0 radical (unpaired) electrons. The van der Waals surface area contributed by atoms with Gasteiger partial charge in [0.05, 0.1) is 7.11 Å². The largest absolute Gasteiger partial charge is 0.507 e. The summed E-state index contributed by atoms with van der Waals surface area (Å²) in [6.07, 6.45) is 0. The molecule has 0 aliphatic carbocycles. The van der Waals surface area contributed by atoms with E-state index in [1.165, 1.54) is 32.2 Å². The third-order valence-corrected chi connectivity index (χ3v) is 3.25. The van der Waals surface area contributed by atoms with Gasteiger partial charge in [-0.3, -0.25) is 9.59 Å². The van der Waals surface area contributed by atoms with Crippen LogP contribution in [0.15, 0.2) is 42.5 Å². The van der Waals surface area contributed by atoms with Crippen molar-refractivity contribution >= 4 is 29.2 Å². The van der Waals surface area contributed by atoms with Crippen LogP contribution >= 0.6 is 0 Å². The zero-order chi connectivity index (χ0) is 19.1. The molecule has 2 rings (SSSR count). The Balaban J connectivity index is 1.90. The minimum atomic E-state index is -0.849. The summed E-state index contributed by atoms with van der Waals surface area (Å²) in [6.45, 7) is 0.868. The highest BCUT2D eigenvalue weighted by Crippen LogP contribution is 2.23. The number of aromatic hydroxyl groups is 1. The minimum absolute atomic E-state index is 0.100. The molecule has 3 N–H and O–H groups in total. The summed E-state index contributed by atoms with van der Waals surface area (Å²) in [4.78, 5) is 34.8. The first kappa shape index (κ1) is 18.8. The van der Waals surface area contributed by atoms with Crippen LogP contribution in [0.5, 0.6) is 11.5 Å². The first-order chi connectivity index (χ1) is 12.4. The lowest BCUT2D eigenvalue weighted by molar-refractivity contribution is -0.119. The fourth-order valence-corrected chi connectivity index (χ4v) is 2.05. The highest BCUT2D eigenvalue weighted by atomic mass is 16.5. The van der Waals surface area contributed by atoms with Crippen molar-refractivity contribution in [3.63, 3.8) is 0 Å². The Morgan fingerprint density at radius 3 is 2.19 bits per heavy atom. The molecule has 0 bridgehead atoms. The zero-order valence-corrected chi connectivity index (χ0v) is 14.2. The highest BCUT2D eigenvalue weighted by molar-refractivity contribution is 5.97. The average molecular weight is 358 g/mol. The van der Waals surface area contributed by atoms with Crippen LogP contribution in [0.3, 0.4) is 0 Å². The van der Waals surface area contributed by atoms with Crippen LogP contribution in [0.4, 0.5) is 11.4 Å². The number of methoxy groups -OCH3 is 1. The lowest BCUT2D eigenvalue weighted by atomic mass is 10.2. The first-order valence-electron chi connectivity index (χ1n) is 7.60. The Bertz CT molecular complexity index is 817. The Morgan fingerprint density at radius 1 is 1.00 bits per heavy atom. The predicted octanol–water partition coefficient (Wildman–Crippen LogP) is 2.15. The maximum Gasteiger partial charge on any atom is 0.342 e. The summed E-state index contributed by atoms with van der Waals surface area (Å²) in [5, 5.41) is 14.9. The van der Waals surface area contributed by atoms with E-state index in [0.717, 1.165) is 0 Å². The van der Waals surface area contributed by atoms with Crippen LogP contribution in [0.25, 0.3) is 0 Å². The van der Waals surface area contributed by atoms with Gasteiger partial charge in [-0.25, -0.2) is 4.79 Å². The standard InChI is InChI=1S/C18H18N2O6/c1-11(21)19-12-3-5-13(6-4-12)20-17(23)10-26-18(24)15-9-14(25-2)7-8-16(15)22/h3-9,22H,10H2,1-2H3,(H,19,21)(H,20,23). The molecule has 2 aromatic rings. The second-order valence-corrected chi connectivity index (χ2v) is 5.27. The second-order valence-electron chi connectivity index (χ2n) is 5.27. The molecule has 2 amide bonds. The quantitative estimate of drug-likeness (QED) is 0.682. The number of carbonyl (C=O) groups excluding carboxylic acids is 3. The zero-order valence-electron chi connectivity index (χ0n) is 14.2. The molecule has 2 aromatic carbocycles. The number of phenols is 1. The lowest BCUT2D eigenvalue weighted by Gasteiger charge is -2.09. The van der Waals surface area contributed by atoms with E-state index in [1.54, 1.807) is 24.3 Å². The molecule has 8 heteroatoms. The highest BCUT2D eigenvalue weighted by Gasteiger charge is 2.15. The summed E-state index contributed by atoms with van der Waals surface area (Å²) in [5.74, 6) is -1.50. The molecule has 0 atom stereocenters. The second kappa shape index (κ2) is 8.52. The average Bonchev–Trinajstić information content (AvgIpc) is 2.61. The van der Waals surface area contributed by atoms with Gasteiger partial charge in [0.2, 0.25) is 5.91 Å². The fourth-order valence-electron chi connectivity index (χ4n) is 2.05. The smallest absolute Gasteiger partial charge is 0.342 e. The summed E-state index contributed by atoms with van der Waals surface area (Å²) in [6, 6.07) is 10.5. The van der Waals surface area contributed by atoms with Crippen molar-refractivity contribution in [2.75, 3.05) is 24.4 Å². The molecular weight excluding hydrogens is 340 g/mol. The van der Waals surface area contributed by atoms with Crippen molar-refractivity contribution < 1.29 is 29.0 Å². The number of hydrogen-bond acceptors (Lipinski definition) is 6. The molecule has 0 unspecified atom stereocenters. The third kappa shape index (κ3) is 5.23. The van der Waals surface area contributed by atoms with Gasteiger partial charge >= 0.3 is 5.97 Å². The van der Waals surface area contributed by atoms with E-state index >= 15 is 0 Å². The number of phenolic OH excluding ortho intramolecular Hbond substituents is 1. The van der Waals surface area contributed by atoms with Gasteiger partial charge in [-0.1, -0.05) is 0 Å². The maximum absolute atomic E-state index is 12.0. The van der Waals surface area contributed by atoms with Gasteiger partial charge in [0.25, 0.3) is 5.91 Å². The van der Waals surface area contributed by atoms with E-state index in [2.05, 4.69) is 10.6 Å². The van der Waals surface area contributed by atoms with Crippen molar-refractivity contribution in [2.24, 2.45) is 0 Å². The SMILES string of the molecule is COc1ccc(O)c(C(=O)OCC(=O)Nc2ccc(NC(C)=O)cc2)c1. The minimum Gasteiger partial charge on any atom is -0.507 e. The van der Waals surface area contributed by atoms with Crippen LogP contribution in [0, 0.1) is 0 Å². The van der Waals surface area contributed by atoms with Crippen LogP contribution in [-0.4, -0.2) is 36.6 Å². The van der Waals surface area contributed by atoms with E-state index in [1.807, 2.05) is 0 Å². The van der Waals surface area contributed by atoms with E-state index in [0.29, 0.717) is 17.1 Å². The summed E-state index contributed by atoms with van der Waals surface area (Å²) in [5.41, 5.74) is 0.969. The molecule has 136 valence electrons. The van der Waals surface area contributed by atoms with Gasteiger partial charge in [-0.2, -0.15) is 0 Å². The summed E-state index contributed by atoms with van der Waals surface area (Å²) in [7, 11) is 1.42. The number of ether oxygens (including phenoxy) is 2. The topological polar surface area (TPSA) is 114 Å². The number of nitrogens with one attached hydrogen (secondary N) is 2. The first-order valence-corrected chi connectivity index (χ1v) is 7.60. The van der Waals surface area contributed by atoms with Crippen LogP contribution in [0.1, 0.15) is 17.3 Å². The number of anilines is 2. The van der Waals surface area contributed by atoms with Crippen molar-refractivity contribution in [3.05, 3.63) is 48.0 Å². The lowest BCUT2D eigenvalue weighted by Crippen LogP contribution is -2.21. The Morgan fingerprint density at radius 2 is 1.62 bits per heavy atom. The molecule has 0 aliphatic heterocycles. The van der Waals surface area contributed by atoms with E-state index < -0.39 is 18.5 Å². The Hall–Kier alpha value is -3.55. The maximum atomic E-state index is 12.0. The van der Waals surface area contributed by atoms with Gasteiger partial charge in [-0.05, 0) is 42.5 Å². The molecule has 0 fully saturated rings. The molecule has 0 aliphatic rings. The Labute approximate surface area is 149 Å². The van der Waals surface area contributed by atoms with Crippen LogP contribution < -0.4 is 15.4 Å². The van der Waals surface area contributed by atoms with Crippen LogP contribution in [-0.2, 0) is 14.3 Å². The predicted molar refractivity (Wildman–Crippen MR) is 94.3 cm³/mol. The molecule has 8 nitrogen and oxygen atoms in total. The molecule has 26 heavy (non-hydrogen) atoms.